The van der Waals surface area contributed by atoms with Crippen LogP contribution in [0.5, 0.6) is 0 Å². The van der Waals surface area contributed by atoms with Crippen molar-refractivity contribution >= 4 is 11.9 Å². The van der Waals surface area contributed by atoms with E-state index in [0.29, 0.717) is 25.1 Å². The van der Waals surface area contributed by atoms with Crippen molar-refractivity contribution < 1.29 is 14.7 Å². The summed E-state index contributed by atoms with van der Waals surface area (Å²) >= 11 is 0. The monoisotopic (exact) mass is 265 g/mol. The van der Waals surface area contributed by atoms with Crippen LogP contribution in [0.15, 0.2) is 24.3 Å². The largest absolute Gasteiger partial charge is 0.396 e. The number of aliphatic hydroxyl groups excluding tert-OH is 1. The molecule has 0 aliphatic rings. The Morgan fingerprint density at radius 3 is 2.37 bits per heavy atom. The van der Waals surface area contributed by atoms with Crippen LogP contribution in [0.1, 0.15) is 28.8 Å². The van der Waals surface area contributed by atoms with Gasteiger partial charge in [0.2, 0.25) is 0 Å². The van der Waals surface area contributed by atoms with E-state index in [1.54, 1.807) is 24.3 Å². The molecule has 6 heteroatoms. The Balaban J connectivity index is 2.42. The Bertz CT molecular complexity index is 418. The molecular formula is C13H19N3O3. The summed E-state index contributed by atoms with van der Waals surface area (Å²) in [4.78, 5) is 22.3. The molecule has 5 N–H and O–H groups in total. The highest BCUT2D eigenvalue weighted by atomic mass is 16.3. The number of urea groups is 1. The normalized spacial score (nSPS) is 9.95. The van der Waals surface area contributed by atoms with Gasteiger partial charge in [0.15, 0.2) is 0 Å². The fraction of sp³-hybridized carbons (Fsp3) is 0.385. The summed E-state index contributed by atoms with van der Waals surface area (Å²) in [6.07, 6.45) is 1.43. The Hall–Kier alpha value is -2.08. The number of amides is 3. The van der Waals surface area contributed by atoms with Gasteiger partial charge in [0.1, 0.15) is 0 Å². The van der Waals surface area contributed by atoms with Crippen molar-refractivity contribution in [2.24, 2.45) is 5.73 Å². The minimum atomic E-state index is -0.578. The lowest BCUT2D eigenvalue weighted by Crippen LogP contribution is -2.28. The van der Waals surface area contributed by atoms with Gasteiger partial charge in [0.25, 0.3) is 5.91 Å². The zero-order valence-corrected chi connectivity index (χ0v) is 10.7. The molecular weight excluding hydrogens is 246 g/mol. The zero-order valence-electron chi connectivity index (χ0n) is 10.7. The van der Waals surface area contributed by atoms with Crippen molar-refractivity contribution in [3.05, 3.63) is 35.4 Å². The topological polar surface area (TPSA) is 104 Å². The van der Waals surface area contributed by atoms with E-state index in [9.17, 15) is 9.59 Å². The number of aliphatic hydroxyl groups is 1. The Labute approximate surface area is 112 Å². The third kappa shape index (κ3) is 5.87. The first-order chi connectivity index (χ1) is 9.13. The van der Waals surface area contributed by atoms with Crippen molar-refractivity contribution in [3.63, 3.8) is 0 Å². The van der Waals surface area contributed by atoms with Crippen LogP contribution in [-0.4, -0.2) is 30.2 Å². The van der Waals surface area contributed by atoms with Crippen LogP contribution < -0.4 is 16.4 Å². The predicted molar refractivity (Wildman–Crippen MR) is 71.5 cm³/mol. The van der Waals surface area contributed by atoms with Crippen LogP contribution in [0.25, 0.3) is 0 Å². The van der Waals surface area contributed by atoms with E-state index in [1.807, 2.05) is 0 Å². The number of benzene rings is 1. The summed E-state index contributed by atoms with van der Waals surface area (Å²) in [5.41, 5.74) is 6.40. The molecule has 0 radical (unpaired) electrons. The summed E-state index contributed by atoms with van der Waals surface area (Å²) in [7, 11) is 0. The van der Waals surface area contributed by atoms with E-state index in [-0.39, 0.29) is 12.5 Å². The van der Waals surface area contributed by atoms with Gasteiger partial charge in [0.05, 0.1) is 0 Å². The first kappa shape index (κ1) is 15.0. The number of hydrogen-bond acceptors (Lipinski definition) is 3. The lowest BCUT2D eigenvalue weighted by Gasteiger charge is -2.06. The molecule has 0 heterocycles. The first-order valence-corrected chi connectivity index (χ1v) is 6.15. The molecule has 0 atom stereocenters. The van der Waals surface area contributed by atoms with Gasteiger partial charge in [-0.25, -0.2) is 4.79 Å². The van der Waals surface area contributed by atoms with Crippen LogP contribution >= 0.6 is 0 Å². The second kappa shape index (κ2) is 8.10. The van der Waals surface area contributed by atoms with Crippen molar-refractivity contribution in [3.8, 4) is 0 Å². The molecule has 1 rings (SSSR count). The average Bonchev–Trinajstić information content (AvgIpc) is 2.41. The SMILES string of the molecule is NC(=O)NCc1ccc(C(=O)NCCCCO)cc1. The van der Waals surface area contributed by atoms with E-state index in [1.165, 1.54) is 0 Å². The molecule has 19 heavy (non-hydrogen) atoms. The van der Waals surface area contributed by atoms with Crippen LogP contribution in [0.4, 0.5) is 4.79 Å². The minimum Gasteiger partial charge on any atom is -0.396 e. The van der Waals surface area contributed by atoms with Crippen LogP contribution in [0.2, 0.25) is 0 Å². The lowest BCUT2D eigenvalue weighted by molar-refractivity contribution is 0.0952. The molecule has 0 aliphatic carbocycles. The van der Waals surface area contributed by atoms with Crippen molar-refractivity contribution in [1.82, 2.24) is 10.6 Å². The van der Waals surface area contributed by atoms with Crippen LogP contribution in [0.3, 0.4) is 0 Å². The molecule has 1 aromatic rings. The number of hydrogen-bond donors (Lipinski definition) is 4. The maximum Gasteiger partial charge on any atom is 0.312 e. The molecule has 6 nitrogen and oxygen atoms in total. The van der Waals surface area contributed by atoms with E-state index in [4.69, 9.17) is 10.8 Å². The number of carbonyl (C=O) groups excluding carboxylic acids is 2. The van der Waals surface area contributed by atoms with Gasteiger partial charge in [0, 0.05) is 25.3 Å². The predicted octanol–water partition coefficient (Wildman–Crippen LogP) is 0.357. The van der Waals surface area contributed by atoms with Crippen LogP contribution in [0, 0.1) is 0 Å². The van der Waals surface area contributed by atoms with E-state index < -0.39 is 6.03 Å². The van der Waals surface area contributed by atoms with Gasteiger partial charge >= 0.3 is 6.03 Å². The highest BCUT2D eigenvalue weighted by molar-refractivity contribution is 5.94. The van der Waals surface area contributed by atoms with E-state index in [0.717, 1.165) is 12.0 Å². The highest BCUT2D eigenvalue weighted by Crippen LogP contribution is 2.04. The molecule has 0 saturated carbocycles. The fourth-order valence-corrected chi connectivity index (χ4v) is 1.50. The maximum absolute atomic E-state index is 11.7. The summed E-state index contributed by atoms with van der Waals surface area (Å²) in [6, 6.07) is 6.33. The fourth-order valence-electron chi connectivity index (χ4n) is 1.50. The number of unbranched alkanes of at least 4 members (excludes halogenated alkanes) is 1. The summed E-state index contributed by atoms with van der Waals surface area (Å²) in [5.74, 6) is -0.146. The summed E-state index contributed by atoms with van der Waals surface area (Å²) < 4.78 is 0. The molecule has 0 spiro atoms. The standard InChI is InChI=1S/C13H19N3O3/c14-13(19)16-9-10-3-5-11(6-4-10)12(18)15-7-1-2-8-17/h3-6,17H,1-2,7-9H2,(H,15,18)(H3,14,16,19). The number of primary amides is 1. The molecule has 0 saturated heterocycles. The average molecular weight is 265 g/mol. The molecule has 0 aliphatic heterocycles. The lowest BCUT2D eigenvalue weighted by atomic mass is 10.1. The summed E-state index contributed by atoms with van der Waals surface area (Å²) in [6.45, 7) is 1.02. The Morgan fingerprint density at radius 2 is 1.79 bits per heavy atom. The molecule has 0 unspecified atom stereocenters. The van der Waals surface area contributed by atoms with Crippen LogP contribution in [-0.2, 0) is 6.54 Å². The first-order valence-electron chi connectivity index (χ1n) is 6.15. The summed E-state index contributed by atoms with van der Waals surface area (Å²) in [5, 5.41) is 13.9. The molecule has 0 bridgehead atoms. The van der Waals surface area contributed by atoms with Crippen molar-refractivity contribution in [2.45, 2.75) is 19.4 Å². The molecule has 0 fully saturated rings. The van der Waals surface area contributed by atoms with Gasteiger partial charge in [-0.2, -0.15) is 0 Å². The quantitative estimate of drug-likeness (QED) is 0.535. The van der Waals surface area contributed by atoms with Crippen molar-refractivity contribution in [1.29, 1.82) is 0 Å². The highest BCUT2D eigenvalue weighted by Gasteiger charge is 2.04. The minimum absolute atomic E-state index is 0.136. The second-order valence-corrected chi connectivity index (χ2v) is 4.10. The number of nitrogens with one attached hydrogen (secondary N) is 2. The number of rotatable bonds is 7. The number of carbonyl (C=O) groups is 2. The third-order valence-electron chi connectivity index (χ3n) is 2.55. The molecule has 104 valence electrons. The van der Waals surface area contributed by atoms with Gasteiger partial charge in [-0.1, -0.05) is 12.1 Å². The molecule has 0 aromatic heterocycles. The number of nitrogens with two attached hydrogens (primary N) is 1. The smallest absolute Gasteiger partial charge is 0.312 e. The van der Waals surface area contributed by atoms with E-state index >= 15 is 0 Å². The van der Waals surface area contributed by atoms with Gasteiger partial charge < -0.3 is 21.5 Å². The van der Waals surface area contributed by atoms with Gasteiger partial charge in [-0.15, -0.1) is 0 Å². The van der Waals surface area contributed by atoms with Crippen molar-refractivity contribution in [2.75, 3.05) is 13.2 Å². The third-order valence-corrected chi connectivity index (χ3v) is 2.55. The zero-order chi connectivity index (χ0) is 14.1. The van der Waals surface area contributed by atoms with Gasteiger partial charge in [-0.05, 0) is 30.5 Å². The second-order valence-electron chi connectivity index (χ2n) is 4.10. The molecule has 3 amide bonds. The Kier molecular flexibility index (Phi) is 6.38. The maximum atomic E-state index is 11.7. The van der Waals surface area contributed by atoms with Gasteiger partial charge in [-0.3, -0.25) is 4.79 Å². The Morgan fingerprint density at radius 1 is 1.11 bits per heavy atom. The van der Waals surface area contributed by atoms with E-state index in [2.05, 4.69) is 10.6 Å². The molecule has 1 aromatic carbocycles.